The van der Waals surface area contributed by atoms with E-state index < -0.39 is 16.3 Å². The predicted molar refractivity (Wildman–Crippen MR) is 81.2 cm³/mol. The van der Waals surface area contributed by atoms with Gasteiger partial charge in [0, 0.05) is 6.04 Å². The van der Waals surface area contributed by atoms with E-state index in [0.717, 1.165) is 12.1 Å². The van der Waals surface area contributed by atoms with Gasteiger partial charge in [0.1, 0.15) is 0 Å². The van der Waals surface area contributed by atoms with Crippen LogP contribution in [0.25, 0.3) is 0 Å². The molecule has 7 nitrogen and oxygen atoms in total. The molecule has 0 heterocycles. The van der Waals surface area contributed by atoms with Crippen molar-refractivity contribution in [2.75, 3.05) is 17.9 Å². The SMILES string of the molecule is CCNC(C)c1ccc(NS(=O)(=O)NC(=O)OCC)cc1. The lowest BCUT2D eigenvalue weighted by Gasteiger charge is -2.14. The number of hydrogen-bond donors (Lipinski definition) is 3. The summed E-state index contributed by atoms with van der Waals surface area (Å²) in [4.78, 5) is 11.1. The lowest BCUT2D eigenvalue weighted by molar-refractivity contribution is 0.159. The van der Waals surface area contributed by atoms with Crippen LogP contribution < -0.4 is 14.8 Å². The summed E-state index contributed by atoms with van der Waals surface area (Å²) in [5, 5.41) is 3.26. The number of nitrogens with one attached hydrogen (secondary N) is 3. The van der Waals surface area contributed by atoms with Gasteiger partial charge < -0.3 is 10.1 Å². The Hall–Kier alpha value is -1.80. The normalized spacial score (nSPS) is 12.5. The molecule has 0 radical (unpaired) electrons. The molecule has 1 aromatic carbocycles. The first-order valence-corrected chi connectivity index (χ1v) is 8.17. The summed E-state index contributed by atoms with van der Waals surface area (Å²) < 4.78 is 31.9. The maximum atomic E-state index is 11.7. The second kappa shape index (κ2) is 7.84. The lowest BCUT2D eigenvalue weighted by Crippen LogP contribution is -2.35. The van der Waals surface area contributed by atoms with Gasteiger partial charge in [-0.15, -0.1) is 0 Å². The van der Waals surface area contributed by atoms with Gasteiger partial charge in [-0.3, -0.25) is 4.72 Å². The van der Waals surface area contributed by atoms with Gasteiger partial charge in [0.05, 0.1) is 12.3 Å². The summed E-state index contributed by atoms with van der Waals surface area (Å²) in [6, 6.07) is 7.07. The molecule has 8 heteroatoms. The van der Waals surface area contributed by atoms with Gasteiger partial charge in [-0.25, -0.2) is 9.52 Å². The average molecular weight is 315 g/mol. The number of hydrogen-bond acceptors (Lipinski definition) is 5. The highest BCUT2D eigenvalue weighted by atomic mass is 32.2. The molecule has 3 N–H and O–H groups in total. The van der Waals surface area contributed by atoms with E-state index in [0.29, 0.717) is 5.69 Å². The van der Waals surface area contributed by atoms with E-state index in [1.807, 2.05) is 26.0 Å². The Bertz CT molecular complexity index is 557. The van der Waals surface area contributed by atoms with Crippen LogP contribution in [0, 0.1) is 0 Å². The fraction of sp³-hybridized carbons (Fsp3) is 0.462. The molecule has 0 spiro atoms. The van der Waals surface area contributed by atoms with Crippen molar-refractivity contribution < 1.29 is 17.9 Å². The number of rotatable bonds is 7. The summed E-state index contributed by atoms with van der Waals surface area (Å²) in [5.74, 6) is 0. The Morgan fingerprint density at radius 2 is 1.86 bits per heavy atom. The van der Waals surface area contributed by atoms with Crippen molar-refractivity contribution in [2.24, 2.45) is 0 Å². The maximum Gasteiger partial charge on any atom is 0.422 e. The zero-order valence-electron chi connectivity index (χ0n) is 12.3. The highest BCUT2D eigenvalue weighted by Crippen LogP contribution is 2.16. The Labute approximate surface area is 125 Å². The quantitative estimate of drug-likeness (QED) is 0.712. The zero-order chi connectivity index (χ0) is 15.9. The number of anilines is 1. The molecule has 0 aliphatic heterocycles. The zero-order valence-corrected chi connectivity index (χ0v) is 13.2. The van der Waals surface area contributed by atoms with Gasteiger partial charge in [0.25, 0.3) is 0 Å². The van der Waals surface area contributed by atoms with Gasteiger partial charge >= 0.3 is 16.3 Å². The summed E-state index contributed by atoms with van der Waals surface area (Å²) in [5.41, 5.74) is 1.40. The van der Waals surface area contributed by atoms with Crippen molar-refractivity contribution in [1.82, 2.24) is 10.0 Å². The van der Waals surface area contributed by atoms with Crippen LogP contribution in [-0.4, -0.2) is 27.7 Å². The van der Waals surface area contributed by atoms with Gasteiger partial charge in [0.2, 0.25) is 0 Å². The molecule has 1 aromatic rings. The fourth-order valence-corrected chi connectivity index (χ4v) is 2.49. The van der Waals surface area contributed by atoms with Crippen LogP contribution in [-0.2, 0) is 14.9 Å². The summed E-state index contributed by atoms with van der Waals surface area (Å²) in [7, 11) is -3.99. The molecule has 1 amide bonds. The van der Waals surface area contributed by atoms with E-state index in [1.54, 1.807) is 23.8 Å². The second-order valence-electron chi connectivity index (χ2n) is 4.33. The molecule has 0 saturated heterocycles. The molecule has 0 aliphatic rings. The van der Waals surface area contributed by atoms with Crippen LogP contribution in [0.1, 0.15) is 32.4 Å². The lowest BCUT2D eigenvalue weighted by atomic mass is 10.1. The van der Waals surface area contributed by atoms with E-state index in [-0.39, 0.29) is 12.6 Å². The maximum absolute atomic E-state index is 11.7. The Kier molecular flexibility index (Phi) is 6.44. The van der Waals surface area contributed by atoms with Gasteiger partial charge in [-0.05, 0) is 38.1 Å². The predicted octanol–water partition coefficient (Wildman–Crippen LogP) is 1.76. The standard InChI is InChI=1S/C13H21N3O4S/c1-4-14-10(3)11-6-8-12(9-7-11)15-21(18,19)16-13(17)20-5-2/h6-10,14-15H,4-5H2,1-3H3,(H,16,17). The first-order valence-electron chi connectivity index (χ1n) is 6.68. The molecule has 21 heavy (non-hydrogen) atoms. The Morgan fingerprint density at radius 3 is 2.38 bits per heavy atom. The number of benzene rings is 1. The van der Waals surface area contributed by atoms with E-state index in [4.69, 9.17) is 0 Å². The highest BCUT2D eigenvalue weighted by Gasteiger charge is 2.15. The van der Waals surface area contributed by atoms with Crippen molar-refractivity contribution in [3.05, 3.63) is 29.8 Å². The minimum atomic E-state index is -3.99. The largest absolute Gasteiger partial charge is 0.449 e. The van der Waals surface area contributed by atoms with Crippen molar-refractivity contribution >= 4 is 22.0 Å². The molecule has 0 aliphatic carbocycles. The number of ether oxygens (including phenoxy) is 1. The Morgan fingerprint density at radius 1 is 1.24 bits per heavy atom. The second-order valence-corrected chi connectivity index (χ2v) is 5.74. The number of carbonyl (C=O) groups is 1. The molecule has 1 unspecified atom stereocenters. The third-order valence-electron chi connectivity index (χ3n) is 2.67. The monoisotopic (exact) mass is 315 g/mol. The number of carbonyl (C=O) groups excluding carboxylic acids is 1. The first kappa shape index (κ1) is 17.3. The number of amides is 1. The minimum absolute atomic E-state index is 0.0956. The fourth-order valence-electron chi connectivity index (χ4n) is 1.71. The van der Waals surface area contributed by atoms with Crippen LogP contribution in [0.3, 0.4) is 0 Å². The van der Waals surface area contributed by atoms with Crippen molar-refractivity contribution in [3.63, 3.8) is 0 Å². The van der Waals surface area contributed by atoms with Crippen LogP contribution in [0.4, 0.5) is 10.5 Å². The Balaban J connectivity index is 2.68. The van der Waals surface area contributed by atoms with Crippen molar-refractivity contribution in [2.45, 2.75) is 26.8 Å². The van der Waals surface area contributed by atoms with Crippen LogP contribution in [0.15, 0.2) is 24.3 Å². The first-order chi connectivity index (χ1) is 9.88. The topological polar surface area (TPSA) is 96.5 Å². The molecule has 0 saturated carbocycles. The average Bonchev–Trinajstić information content (AvgIpc) is 2.38. The van der Waals surface area contributed by atoms with Crippen LogP contribution >= 0.6 is 0 Å². The molecular weight excluding hydrogens is 294 g/mol. The molecule has 0 bridgehead atoms. The van der Waals surface area contributed by atoms with E-state index in [1.165, 1.54) is 0 Å². The molecule has 1 atom stereocenters. The van der Waals surface area contributed by atoms with Crippen LogP contribution in [0.2, 0.25) is 0 Å². The molecular formula is C13H21N3O4S. The van der Waals surface area contributed by atoms with Crippen molar-refractivity contribution in [3.8, 4) is 0 Å². The van der Waals surface area contributed by atoms with Crippen LogP contribution in [0.5, 0.6) is 0 Å². The molecule has 0 aromatic heterocycles. The smallest absolute Gasteiger partial charge is 0.422 e. The van der Waals surface area contributed by atoms with Gasteiger partial charge in [-0.2, -0.15) is 8.42 Å². The van der Waals surface area contributed by atoms with Crippen molar-refractivity contribution in [1.29, 1.82) is 0 Å². The van der Waals surface area contributed by atoms with E-state index in [9.17, 15) is 13.2 Å². The van der Waals surface area contributed by atoms with Gasteiger partial charge in [-0.1, -0.05) is 19.1 Å². The minimum Gasteiger partial charge on any atom is -0.449 e. The highest BCUT2D eigenvalue weighted by molar-refractivity contribution is 7.91. The summed E-state index contributed by atoms with van der Waals surface area (Å²) in [6.07, 6.45) is -1.01. The van der Waals surface area contributed by atoms with Gasteiger partial charge in [0.15, 0.2) is 0 Å². The van der Waals surface area contributed by atoms with E-state index in [2.05, 4.69) is 14.8 Å². The molecule has 0 fully saturated rings. The van der Waals surface area contributed by atoms with E-state index >= 15 is 0 Å². The third kappa shape index (κ3) is 6.01. The summed E-state index contributed by atoms with van der Waals surface area (Å²) in [6.45, 7) is 6.56. The molecule has 1 rings (SSSR count). The molecule has 118 valence electrons. The summed E-state index contributed by atoms with van der Waals surface area (Å²) >= 11 is 0. The third-order valence-corrected chi connectivity index (χ3v) is 3.61.